The molecule has 2 aromatic carbocycles. The number of nitrogens with zero attached hydrogens (tertiary/aromatic N) is 1. The van der Waals surface area contributed by atoms with Crippen LogP contribution in [0.25, 0.3) is 0 Å². The summed E-state index contributed by atoms with van der Waals surface area (Å²) in [5, 5.41) is 9.92. The van der Waals surface area contributed by atoms with Gasteiger partial charge in [0.2, 0.25) is 0 Å². The van der Waals surface area contributed by atoms with Gasteiger partial charge in [-0.1, -0.05) is 30.3 Å². The number of likely N-dealkylation sites (N-methyl/N-ethyl adjacent to an activating group) is 1. The molecule has 0 saturated heterocycles. The fraction of sp³-hybridized carbons (Fsp3) is 0.222. The molecule has 5 nitrogen and oxygen atoms in total. The van der Waals surface area contributed by atoms with Gasteiger partial charge in [0.25, 0.3) is 5.91 Å². The fourth-order valence-corrected chi connectivity index (χ4v) is 2.73. The number of phenolic OH excluding ortho intramolecular Hbond substituents is 1. The van der Waals surface area contributed by atoms with Crippen molar-refractivity contribution >= 4 is 27.8 Å². The second-order valence-corrected chi connectivity index (χ2v) is 6.31. The zero-order valence-electron chi connectivity index (χ0n) is 13.5. The number of hydrogen-bond donors (Lipinski definition) is 1. The van der Waals surface area contributed by atoms with E-state index in [9.17, 15) is 14.7 Å². The minimum Gasteiger partial charge on any atom is -0.506 e. The molecule has 0 aliphatic carbocycles. The predicted octanol–water partition coefficient (Wildman–Crippen LogP) is 3.28. The average molecular weight is 392 g/mol. The summed E-state index contributed by atoms with van der Waals surface area (Å²) in [6.07, 6.45) is 0. The minimum absolute atomic E-state index is 0.0281. The summed E-state index contributed by atoms with van der Waals surface area (Å²) < 4.78 is 5.43. The second-order valence-electron chi connectivity index (χ2n) is 5.45. The third-order valence-electron chi connectivity index (χ3n) is 3.44. The van der Waals surface area contributed by atoms with Crippen LogP contribution in [0.2, 0.25) is 0 Å². The van der Waals surface area contributed by atoms with Gasteiger partial charge in [0, 0.05) is 13.6 Å². The number of halogens is 1. The standard InChI is InChI=1S/C18H18BrNO4/c1-12-8-14(17(22)15(19)9-12)18(23)24-11-16(21)20(2)10-13-6-4-3-5-7-13/h3-9,22H,10-11H2,1-2H3. The van der Waals surface area contributed by atoms with E-state index in [0.29, 0.717) is 11.0 Å². The van der Waals surface area contributed by atoms with Gasteiger partial charge in [0.15, 0.2) is 6.61 Å². The molecule has 0 aromatic heterocycles. The Balaban J connectivity index is 1.95. The lowest BCUT2D eigenvalue weighted by Crippen LogP contribution is -2.30. The van der Waals surface area contributed by atoms with Gasteiger partial charge in [-0.15, -0.1) is 0 Å². The average Bonchev–Trinajstić information content (AvgIpc) is 2.56. The number of ether oxygens (including phenoxy) is 1. The number of hydrogen-bond acceptors (Lipinski definition) is 4. The van der Waals surface area contributed by atoms with Gasteiger partial charge in [-0.2, -0.15) is 0 Å². The van der Waals surface area contributed by atoms with E-state index < -0.39 is 5.97 Å². The van der Waals surface area contributed by atoms with Gasteiger partial charge >= 0.3 is 5.97 Å². The van der Waals surface area contributed by atoms with Gasteiger partial charge in [-0.25, -0.2) is 4.79 Å². The zero-order valence-corrected chi connectivity index (χ0v) is 15.0. The van der Waals surface area contributed by atoms with Crippen molar-refractivity contribution in [3.05, 3.63) is 63.6 Å². The van der Waals surface area contributed by atoms with Crippen LogP contribution in [0.1, 0.15) is 21.5 Å². The van der Waals surface area contributed by atoms with Crippen LogP contribution in [0.4, 0.5) is 0 Å². The lowest BCUT2D eigenvalue weighted by molar-refractivity contribution is -0.133. The monoisotopic (exact) mass is 391 g/mol. The van der Waals surface area contributed by atoms with Crippen molar-refractivity contribution in [3.8, 4) is 5.75 Å². The Labute approximate surface area is 149 Å². The van der Waals surface area contributed by atoms with Gasteiger partial charge in [-0.05, 0) is 46.1 Å². The van der Waals surface area contributed by atoms with Crippen molar-refractivity contribution in [2.45, 2.75) is 13.5 Å². The molecule has 0 spiro atoms. The number of aromatic hydroxyl groups is 1. The van der Waals surface area contributed by atoms with Crippen LogP contribution in [0.3, 0.4) is 0 Å². The first kappa shape index (κ1) is 18.0. The molecule has 24 heavy (non-hydrogen) atoms. The first-order chi connectivity index (χ1) is 11.4. The van der Waals surface area contributed by atoms with E-state index in [-0.39, 0.29) is 23.8 Å². The lowest BCUT2D eigenvalue weighted by atomic mass is 10.1. The molecule has 0 aliphatic heterocycles. The maximum absolute atomic E-state index is 12.1. The van der Waals surface area contributed by atoms with E-state index in [2.05, 4.69) is 15.9 Å². The molecule has 1 N–H and O–H groups in total. The van der Waals surface area contributed by atoms with Crippen molar-refractivity contribution in [1.82, 2.24) is 4.90 Å². The molecule has 1 amide bonds. The number of phenols is 1. The van der Waals surface area contributed by atoms with Crippen LogP contribution in [-0.2, 0) is 16.1 Å². The van der Waals surface area contributed by atoms with Crippen molar-refractivity contribution < 1.29 is 19.4 Å². The number of aryl methyl sites for hydroxylation is 1. The number of carbonyl (C=O) groups is 2. The maximum Gasteiger partial charge on any atom is 0.342 e. The molecular formula is C18H18BrNO4. The molecule has 0 heterocycles. The summed E-state index contributed by atoms with van der Waals surface area (Å²) in [6.45, 7) is 1.84. The summed E-state index contributed by atoms with van der Waals surface area (Å²) in [6, 6.07) is 12.7. The molecule has 0 aliphatic rings. The number of benzene rings is 2. The van der Waals surface area contributed by atoms with Crippen molar-refractivity contribution in [3.63, 3.8) is 0 Å². The number of rotatable bonds is 5. The van der Waals surface area contributed by atoms with E-state index in [1.165, 1.54) is 11.0 Å². The van der Waals surface area contributed by atoms with Crippen LogP contribution in [-0.4, -0.2) is 35.5 Å². The predicted molar refractivity (Wildman–Crippen MR) is 93.7 cm³/mol. The number of esters is 1. The summed E-state index contributed by atoms with van der Waals surface area (Å²) in [5.74, 6) is -1.26. The highest BCUT2D eigenvalue weighted by atomic mass is 79.9. The molecule has 0 atom stereocenters. The SMILES string of the molecule is Cc1cc(Br)c(O)c(C(=O)OCC(=O)N(C)Cc2ccccc2)c1. The Hall–Kier alpha value is -2.34. The largest absolute Gasteiger partial charge is 0.506 e. The molecule has 0 fully saturated rings. The van der Waals surface area contributed by atoms with Crippen LogP contribution in [0, 0.1) is 6.92 Å². The first-order valence-electron chi connectivity index (χ1n) is 7.32. The third kappa shape index (κ3) is 4.58. The van der Waals surface area contributed by atoms with Crippen molar-refractivity contribution in [1.29, 1.82) is 0 Å². The van der Waals surface area contributed by atoms with E-state index in [0.717, 1.165) is 11.1 Å². The number of amides is 1. The molecule has 0 bridgehead atoms. The third-order valence-corrected chi connectivity index (χ3v) is 4.05. The molecule has 0 radical (unpaired) electrons. The highest BCUT2D eigenvalue weighted by Crippen LogP contribution is 2.29. The normalized spacial score (nSPS) is 10.3. The van der Waals surface area contributed by atoms with E-state index in [4.69, 9.17) is 4.74 Å². The zero-order chi connectivity index (χ0) is 17.7. The Morgan fingerprint density at radius 2 is 1.88 bits per heavy atom. The quantitative estimate of drug-likeness (QED) is 0.794. The van der Waals surface area contributed by atoms with Crippen LogP contribution < -0.4 is 0 Å². The van der Waals surface area contributed by atoms with Gasteiger partial charge in [-0.3, -0.25) is 4.79 Å². The highest BCUT2D eigenvalue weighted by Gasteiger charge is 2.18. The molecular weight excluding hydrogens is 374 g/mol. The number of carbonyl (C=O) groups excluding carboxylic acids is 2. The van der Waals surface area contributed by atoms with E-state index in [1.807, 2.05) is 30.3 Å². The highest BCUT2D eigenvalue weighted by molar-refractivity contribution is 9.10. The van der Waals surface area contributed by atoms with Crippen molar-refractivity contribution in [2.75, 3.05) is 13.7 Å². The van der Waals surface area contributed by atoms with Gasteiger partial charge in [0.05, 0.1) is 4.47 Å². The van der Waals surface area contributed by atoms with Crippen LogP contribution in [0.15, 0.2) is 46.9 Å². The van der Waals surface area contributed by atoms with Crippen molar-refractivity contribution in [2.24, 2.45) is 0 Å². The topological polar surface area (TPSA) is 66.8 Å². The summed E-state index contributed by atoms with van der Waals surface area (Å²) in [4.78, 5) is 25.6. The Morgan fingerprint density at radius 3 is 2.54 bits per heavy atom. The molecule has 2 aromatic rings. The summed E-state index contributed by atoms with van der Waals surface area (Å²) in [5.41, 5.74) is 1.81. The smallest absolute Gasteiger partial charge is 0.342 e. The first-order valence-corrected chi connectivity index (χ1v) is 8.12. The summed E-state index contributed by atoms with van der Waals surface area (Å²) in [7, 11) is 1.64. The molecule has 2 rings (SSSR count). The van der Waals surface area contributed by atoms with E-state index in [1.54, 1.807) is 20.0 Å². The Morgan fingerprint density at radius 1 is 1.21 bits per heavy atom. The second kappa shape index (κ2) is 7.97. The maximum atomic E-state index is 12.1. The molecule has 0 unspecified atom stereocenters. The molecule has 6 heteroatoms. The minimum atomic E-state index is -0.738. The van der Waals surface area contributed by atoms with Crippen LogP contribution in [0.5, 0.6) is 5.75 Å². The van der Waals surface area contributed by atoms with Gasteiger partial charge < -0.3 is 14.7 Å². The molecule has 0 saturated carbocycles. The summed E-state index contributed by atoms with van der Waals surface area (Å²) >= 11 is 3.17. The van der Waals surface area contributed by atoms with E-state index >= 15 is 0 Å². The Kier molecular flexibility index (Phi) is 5.98. The van der Waals surface area contributed by atoms with Crippen LogP contribution >= 0.6 is 15.9 Å². The fourth-order valence-electron chi connectivity index (χ4n) is 2.15. The van der Waals surface area contributed by atoms with Gasteiger partial charge in [0.1, 0.15) is 11.3 Å². The lowest BCUT2D eigenvalue weighted by Gasteiger charge is -2.17. The molecule has 126 valence electrons. The Bertz CT molecular complexity index is 746.